The lowest BCUT2D eigenvalue weighted by atomic mass is 10.2. The number of nitrogens with one attached hydrogen (secondary N) is 3. The minimum atomic E-state index is -0.506. The summed E-state index contributed by atoms with van der Waals surface area (Å²) in [6, 6.07) is 13.4. The number of H-pyrrole nitrogens is 1. The number of aromatic amines is 1. The van der Waals surface area contributed by atoms with Gasteiger partial charge in [0.2, 0.25) is 5.06 Å². The molecule has 4 aromatic rings. The highest BCUT2D eigenvalue weighted by atomic mass is 32.1. The number of fused-ring (bicyclic) bond motifs is 1. The Balaban J connectivity index is 1.43. The lowest BCUT2D eigenvalue weighted by Crippen LogP contribution is -2.26. The predicted octanol–water partition coefficient (Wildman–Crippen LogP) is 4.05. The standard InChI is InChI=1S/C18H15N5O2S/c24-18(20-10-12-4-2-1-3-5-12)25-17-14(7-9-26-17)23-16-13-6-8-19-15(13)21-11-22-16/h1-9,11H,10H2,(H,20,24)(H2,19,21,22,23). The van der Waals surface area contributed by atoms with Crippen molar-refractivity contribution < 1.29 is 9.53 Å². The van der Waals surface area contributed by atoms with Gasteiger partial charge in [-0.25, -0.2) is 14.8 Å². The molecule has 0 aliphatic carbocycles. The van der Waals surface area contributed by atoms with E-state index in [9.17, 15) is 4.79 Å². The molecule has 7 nitrogen and oxygen atoms in total. The first-order valence-electron chi connectivity index (χ1n) is 7.92. The second-order valence-corrected chi connectivity index (χ2v) is 6.32. The number of amides is 1. The van der Waals surface area contributed by atoms with Crippen molar-refractivity contribution >= 4 is 40.0 Å². The van der Waals surface area contributed by atoms with Crippen LogP contribution in [0.15, 0.2) is 60.4 Å². The van der Waals surface area contributed by atoms with Crippen LogP contribution in [-0.2, 0) is 6.54 Å². The Labute approximate surface area is 153 Å². The molecule has 0 aliphatic rings. The van der Waals surface area contributed by atoms with Crippen molar-refractivity contribution in [3.8, 4) is 5.06 Å². The van der Waals surface area contributed by atoms with Crippen LogP contribution < -0.4 is 15.4 Å². The molecule has 3 aromatic heterocycles. The van der Waals surface area contributed by atoms with Crippen molar-refractivity contribution in [1.82, 2.24) is 20.3 Å². The van der Waals surface area contributed by atoms with Crippen LogP contribution in [-0.4, -0.2) is 21.0 Å². The van der Waals surface area contributed by atoms with Gasteiger partial charge in [-0.2, -0.15) is 0 Å². The summed E-state index contributed by atoms with van der Waals surface area (Å²) >= 11 is 1.33. The molecule has 0 saturated carbocycles. The number of hydrogen-bond acceptors (Lipinski definition) is 6. The molecule has 0 aliphatic heterocycles. The minimum absolute atomic E-state index is 0.406. The van der Waals surface area contributed by atoms with E-state index in [1.807, 2.05) is 47.8 Å². The van der Waals surface area contributed by atoms with Crippen LogP contribution in [0.1, 0.15) is 5.56 Å². The highest BCUT2D eigenvalue weighted by Crippen LogP contribution is 2.34. The molecule has 0 spiro atoms. The first-order valence-corrected chi connectivity index (χ1v) is 8.80. The molecular formula is C18H15N5O2S. The fourth-order valence-electron chi connectivity index (χ4n) is 2.46. The van der Waals surface area contributed by atoms with Crippen LogP contribution in [0.25, 0.3) is 11.0 Å². The number of hydrogen-bond donors (Lipinski definition) is 3. The summed E-state index contributed by atoms with van der Waals surface area (Å²) in [6.45, 7) is 0.406. The Hall–Kier alpha value is -3.39. The fourth-order valence-corrected chi connectivity index (χ4v) is 3.15. The maximum Gasteiger partial charge on any atom is 0.413 e. The second-order valence-electron chi connectivity index (χ2n) is 5.44. The van der Waals surface area contributed by atoms with E-state index in [4.69, 9.17) is 4.74 Å². The van der Waals surface area contributed by atoms with Crippen molar-refractivity contribution in [2.24, 2.45) is 0 Å². The van der Waals surface area contributed by atoms with Gasteiger partial charge < -0.3 is 20.4 Å². The van der Waals surface area contributed by atoms with Gasteiger partial charge in [-0.3, -0.25) is 0 Å². The fraction of sp³-hybridized carbons (Fsp3) is 0.0556. The van der Waals surface area contributed by atoms with Gasteiger partial charge in [0.05, 0.1) is 11.1 Å². The third kappa shape index (κ3) is 3.50. The number of thiophene rings is 1. The molecule has 3 N–H and O–H groups in total. The average molecular weight is 365 g/mol. The summed E-state index contributed by atoms with van der Waals surface area (Å²) in [4.78, 5) is 23.5. The Morgan fingerprint density at radius 1 is 1.15 bits per heavy atom. The van der Waals surface area contributed by atoms with Crippen LogP contribution >= 0.6 is 11.3 Å². The molecular weight excluding hydrogens is 350 g/mol. The van der Waals surface area contributed by atoms with Gasteiger partial charge in [-0.05, 0) is 23.1 Å². The van der Waals surface area contributed by atoms with Crippen molar-refractivity contribution in [1.29, 1.82) is 0 Å². The summed E-state index contributed by atoms with van der Waals surface area (Å²) in [6.07, 6.45) is 2.77. The summed E-state index contributed by atoms with van der Waals surface area (Å²) in [5.41, 5.74) is 2.41. The molecule has 1 amide bonds. The molecule has 130 valence electrons. The molecule has 0 bridgehead atoms. The van der Waals surface area contributed by atoms with Gasteiger partial charge in [-0.15, -0.1) is 11.3 Å². The quantitative estimate of drug-likeness (QED) is 0.496. The molecule has 0 atom stereocenters. The number of anilines is 2. The Morgan fingerprint density at radius 3 is 2.92 bits per heavy atom. The molecule has 0 unspecified atom stereocenters. The first-order chi connectivity index (χ1) is 12.8. The van der Waals surface area contributed by atoms with Gasteiger partial charge in [0, 0.05) is 12.7 Å². The van der Waals surface area contributed by atoms with Gasteiger partial charge in [0.15, 0.2) is 0 Å². The smallest absolute Gasteiger partial charge is 0.397 e. The third-order valence-corrected chi connectivity index (χ3v) is 4.49. The monoisotopic (exact) mass is 365 g/mol. The van der Waals surface area contributed by atoms with Crippen molar-refractivity contribution in [2.45, 2.75) is 6.54 Å². The van der Waals surface area contributed by atoms with E-state index in [1.165, 1.54) is 17.7 Å². The van der Waals surface area contributed by atoms with E-state index in [-0.39, 0.29) is 0 Å². The van der Waals surface area contributed by atoms with Gasteiger partial charge in [0.1, 0.15) is 17.8 Å². The van der Waals surface area contributed by atoms with Crippen LogP contribution in [0.3, 0.4) is 0 Å². The Kier molecular flexibility index (Phi) is 4.48. The number of carbonyl (C=O) groups excluding carboxylic acids is 1. The molecule has 0 fully saturated rings. The molecule has 4 rings (SSSR count). The van der Waals surface area contributed by atoms with Gasteiger partial charge >= 0.3 is 6.09 Å². The van der Waals surface area contributed by atoms with E-state index in [0.29, 0.717) is 23.1 Å². The summed E-state index contributed by atoms with van der Waals surface area (Å²) in [7, 11) is 0. The van der Waals surface area contributed by atoms with Gasteiger partial charge in [0.25, 0.3) is 0 Å². The molecule has 3 heterocycles. The SMILES string of the molecule is O=C(NCc1ccccc1)Oc1sccc1Nc1ncnc2[nH]ccc12. The van der Waals surface area contributed by atoms with E-state index < -0.39 is 6.09 Å². The summed E-state index contributed by atoms with van der Waals surface area (Å²) in [5.74, 6) is 0.643. The summed E-state index contributed by atoms with van der Waals surface area (Å²) in [5, 5.41) is 9.11. The minimum Gasteiger partial charge on any atom is -0.397 e. The number of nitrogens with zero attached hydrogens (tertiary/aromatic N) is 2. The lowest BCUT2D eigenvalue weighted by Gasteiger charge is -2.09. The van der Waals surface area contributed by atoms with E-state index in [2.05, 4.69) is 25.6 Å². The van der Waals surface area contributed by atoms with Crippen molar-refractivity contribution in [3.05, 3.63) is 65.9 Å². The zero-order valence-corrected chi connectivity index (χ0v) is 14.4. The zero-order valence-electron chi connectivity index (χ0n) is 13.6. The highest BCUT2D eigenvalue weighted by Gasteiger charge is 2.13. The molecule has 8 heteroatoms. The van der Waals surface area contributed by atoms with E-state index in [1.54, 1.807) is 6.20 Å². The number of benzene rings is 1. The number of rotatable bonds is 5. The molecule has 0 radical (unpaired) electrons. The number of aromatic nitrogens is 3. The van der Waals surface area contributed by atoms with Crippen molar-refractivity contribution in [2.75, 3.05) is 5.32 Å². The third-order valence-electron chi connectivity index (χ3n) is 3.70. The topological polar surface area (TPSA) is 91.9 Å². The maximum absolute atomic E-state index is 12.1. The van der Waals surface area contributed by atoms with Gasteiger partial charge in [-0.1, -0.05) is 30.3 Å². The van der Waals surface area contributed by atoms with Crippen LogP contribution in [0, 0.1) is 0 Å². The second kappa shape index (κ2) is 7.24. The normalized spacial score (nSPS) is 10.6. The maximum atomic E-state index is 12.1. The van der Waals surface area contributed by atoms with Crippen LogP contribution in [0.5, 0.6) is 5.06 Å². The van der Waals surface area contributed by atoms with Crippen LogP contribution in [0.2, 0.25) is 0 Å². The largest absolute Gasteiger partial charge is 0.413 e. The van der Waals surface area contributed by atoms with Crippen molar-refractivity contribution in [3.63, 3.8) is 0 Å². The summed E-state index contributed by atoms with van der Waals surface area (Å²) < 4.78 is 5.43. The zero-order chi connectivity index (χ0) is 17.8. The predicted molar refractivity (Wildman–Crippen MR) is 101 cm³/mol. The Bertz CT molecular complexity index is 1030. The van der Waals surface area contributed by atoms with Crippen LogP contribution in [0.4, 0.5) is 16.3 Å². The first kappa shape index (κ1) is 16.1. The van der Waals surface area contributed by atoms with E-state index >= 15 is 0 Å². The lowest BCUT2D eigenvalue weighted by molar-refractivity contribution is 0.201. The average Bonchev–Trinajstić information content (AvgIpc) is 3.31. The molecule has 0 saturated heterocycles. The number of carbonyl (C=O) groups is 1. The van der Waals surface area contributed by atoms with E-state index in [0.717, 1.165) is 16.6 Å². The molecule has 26 heavy (non-hydrogen) atoms. The number of ether oxygens (including phenoxy) is 1. The Morgan fingerprint density at radius 2 is 2.04 bits per heavy atom. The molecule has 1 aromatic carbocycles. The highest BCUT2D eigenvalue weighted by molar-refractivity contribution is 7.12.